The van der Waals surface area contributed by atoms with Gasteiger partial charge in [0, 0.05) is 11.6 Å². The van der Waals surface area contributed by atoms with Crippen molar-refractivity contribution in [3.8, 4) is 0 Å². The second kappa shape index (κ2) is 7.86. The molecule has 1 heterocycles. The maximum absolute atomic E-state index is 12.6. The lowest BCUT2D eigenvalue weighted by Gasteiger charge is -2.20. The normalized spacial score (nSPS) is 13.8. The Balaban J connectivity index is 1.73. The summed E-state index contributed by atoms with van der Waals surface area (Å²) < 4.78 is 5.01. The molecule has 0 aliphatic carbocycles. The molecule has 0 N–H and O–H groups in total. The molecular weight excluding hydrogens is 392 g/mol. The van der Waals surface area contributed by atoms with E-state index in [1.54, 1.807) is 18.2 Å². The first-order valence-electron chi connectivity index (χ1n) is 9.06. The average molecular weight is 410 g/mol. The maximum Gasteiger partial charge on any atom is 0.329 e. The van der Waals surface area contributed by atoms with Crippen molar-refractivity contribution in [1.82, 2.24) is 4.90 Å². The SMILES string of the molecule is Cc1ccc(C(=O)COC(=O)[C@H](C)N2C(=O)c3cccc([N+](=O)[O-])c3C2=O)cc1C. The standard InChI is InChI=1S/C21H18N2O7/c1-11-7-8-14(9-12(11)2)17(24)10-30-21(27)13(3)22-19(25)15-5-4-6-16(23(28)29)18(15)20(22)26/h4-9,13H,10H2,1-3H3/t13-/m0/s1. The van der Waals surface area contributed by atoms with Crippen LogP contribution in [0.5, 0.6) is 0 Å². The van der Waals surface area contributed by atoms with E-state index in [0.29, 0.717) is 10.5 Å². The lowest BCUT2D eigenvalue weighted by atomic mass is 10.0. The van der Waals surface area contributed by atoms with Gasteiger partial charge < -0.3 is 4.74 Å². The Labute approximate surface area is 171 Å². The zero-order chi connectivity index (χ0) is 22.2. The minimum Gasteiger partial charge on any atom is -0.456 e. The van der Waals surface area contributed by atoms with Gasteiger partial charge in [0.05, 0.1) is 10.5 Å². The van der Waals surface area contributed by atoms with E-state index >= 15 is 0 Å². The van der Waals surface area contributed by atoms with Gasteiger partial charge in [-0.3, -0.25) is 29.4 Å². The molecule has 0 saturated carbocycles. The largest absolute Gasteiger partial charge is 0.456 e. The topological polar surface area (TPSA) is 124 Å². The highest BCUT2D eigenvalue weighted by atomic mass is 16.6. The van der Waals surface area contributed by atoms with Crippen molar-refractivity contribution in [3.05, 3.63) is 74.3 Å². The molecule has 2 aromatic rings. The number of hydrogen-bond acceptors (Lipinski definition) is 7. The number of Topliss-reactive ketones (excluding diaryl/α,β-unsaturated/α-hetero) is 1. The Morgan fingerprint density at radius 2 is 1.80 bits per heavy atom. The predicted octanol–water partition coefficient (Wildman–Crippen LogP) is 2.62. The number of benzene rings is 2. The summed E-state index contributed by atoms with van der Waals surface area (Å²) in [4.78, 5) is 60.9. The third-order valence-electron chi connectivity index (χ3n) is 5.02. The highest BCUT2D eigenvalue weighted by Gasteiger charge is 2.45. The molecule has 9 heteroatoms. The minimum absolute atomic E-state index is 0.153. The number of carbonyl (C=O) groups excluding carboxylic acids is 4. The first-order chi connectivity index (χ1) is 14.1. The fourth-order valence-corrected chi connectivity index (χ4v) is 3.15. The van der Waals surface area contributed by atoms with Crippen molar-refractivity contribution in [2.24, 2.45) is 0 Å². The van der Waals surface area contributed by atoms with Gasteiger partial charge in [-0.25, -0.2) is 4.79 Å². The number of esters is 1. The van der Waals surface area contributed by atoms with Crippen LogP contribution in [0.3, 0.4) is 0 Å². The van der Waals surface area contributed by atoms with Crippen LogP contribution in [0.1, 0.15) is 49.1 Å². The predicted molar refractivity (Wildman–Crippen MR) is 104 cm³/mol. The Kier molecular flexibility index (Phi) is 5.46. The van der Waals surface area contributed by atoms with E-state index in [4.69, 9.17) is 4.74 Å². The van der Waals surface area contributed by atoms with Crippen LogP contribution in [0.4, 0.5) is 5.69 Å². The molecule has 0 aromatic heterocycles. The molecule has 2 amide bonds. The molecule has 154 valence electrons. The molecule has 0 saturated heterocycles. The number of ketones is 1. The number of imide groups is 1. The third-order valence-corrected chi connectivity index (χ3v) is 5.02. The number of nitro groups is 1. The molecule has 0 bridgehead atoms. The highest BCUT2D eigenvalue weighted by Crippen LogP contribution is 2.32. The molecule has 9 nitrogen and oxygen atoms in total. The number of nitrogens with zero attached hydrogens (tertiary/aromatic N) is 2. The zero-order valence-corrected chi connectivity index (χ0v) is 16.5. The van der Waals surface area contributed by atoms with Gasteiger partial charge in [-0.15, -0.1) is 0 Å². The molecule has 2 aromatic carbocycles. The molecule has 0 spiro atoms. The number of amides is 2. The minimum atomic E-state index is -1.36. The first-order valence-corrected chi connectivity index (χ1v) is 9.06. The Hall–Kier alpha value is -3.88. The summed E-state index contributed by atoms with van der Waals surface area (Å²) >= 11 is 0. The smallest absolute Gasteiger partial charge is 0.329 e. The summed E-state index contributed by atoms with van der Waals surface area (Å²) in [7, 11) is 0. The van der Waals surface area contributed by atoms with E-state index in [9.17, 15) is 29.3 Å². The van der Waals surface area contributed by atoms with Crippen LogP contribution in [-0.4, -0.2) is 46.0 Å². The molecule has 3 rings (SSSR count). The quantitative estimate of drug-likeness (QED) is 0.236. The molecule has 1 aliphatic heterocycles. The van der Waals surface area contributed by atoms with Gasteiger partial charge in [0.15, 0.2) is 12.4 Å². The van der Waals surface area contributed by atoms with Gasteiger partial charge in [-0.1, -0.05) is 18.2 Å². The van der Waals surface area contributed by atoms with E-state index in [-0.39, 0.29) is 11.1 Å². The van der Waals surface area contributed by atoms with Crippen molar-refractivity contribution < 1.29 is 28.8 Å². The molecule has 1 aliphatic rings. The summed E-state index contributed by atoms with van der Waals surface area (Å²) in [5.74, 6) is -3.18. The fraction of sp³-hybridized carbons (Fsp3) is 0.238. The van der Waals surface area contributed by atoms with Crippen LogP contribution >= 0.6 is 0 Å². The van der Waals surface area contributed by atoms with Crippen LogP contribution in [0.15, 0.2) is 36.4 Å². The molecule has 30 heavy (non-hydrogen) atoms. The van der Waals surface area contributed by atoms with Crippen molar-refractivity contribution in [1.29, 1.82) is 0 Å². The van der Waals surface area contributed by atoms with E-state index < -0.39 is 46.8 Å². The van der Waals surface area contributed by atoms with Crippen LogP contribution in [0.25, 0.3) is 0 Å². The van der Waals surface area contributed by atoms with Crippen LogP contribution in [0, 0.1) is 24.0 Å². The number of hydrogen-bond donors (Lipinski definition) is 0. The Morgan fingerprint density at radius 3 is 2.43 bits per heavy atom. The van der Waals surface area contributed by atoms with Crippen molar-refractivity contribution in [2.45, 2.75) is 26.8 Å². The van der Waals surface area contributed by atoms with Gasteiger partial charge in [-0.05, 0) is 44.0 Å². The van der Waals surface area contributed by atoms with E-state index in [1.165, 1.54) is 19.1 Å². The third kappa shape index (κ3) is 3.57. The highest BCUT2D eigenvalue weighted by molar-refractivity contribution is 6.24. The first kappa shape index (κ1) is 20.8. The molecule has 0 radical (unpaired) electrons. The average Bonchev–Trinajstić information content (AvgIpc) is 2.97. The van der Waals surface area contributed by atoms with Crippen LogP contribution < -0.4 is 0 Å². The lowest BCUT2D eigenvalue weighted by Crippen LogP contribution is -2.44. The Bertz CT molecular complexity index is 1110. The van der Waals surface area contributed by atoms with E-state index in [2.05, 4.69) is 0 Å². The summed E-state index contributed by atoms with van der Waals surface area (Å²) in [6.45, 7) is 4.45. The second-order valence-corrected chi connectivity index (χ2v) is 6.94. The molecular formula is C21H18N2O7. The summed E-state index contributed by atoms with van der Waals surface area (Å²) in [6, 6.07) is 7.39. The second-order valence-electron chi connectivity index (χ2n) is 6.94. The van der Waals surface area contributed by atoms with Gasteiger partial charge >= 0.3 is 5.97 Å². The van der Waals surface area contributed by atoms with E-state index in [0.717, 1.165) is 17.2 Å². The molecule has 0 fully saturated rings. The summed E-state index contributed by atoms with van der Waals surface area (Å²) in [5.41, 5.74) is 1.26. The summed E-state index contributed by atoms with van der Waals surface area (Å²) in [6.07, 6.45) is 0. The van der Waals surface area contributed by atoms with Gasteiger partial charge in [0.2, 0.25) is 0 Å². The zero-order valence-electron chi connectivity index (χ0n) is 16.5. The lowest BCUT2D eigenvalue weighted by molar-refractivity contribution is -0.385. The monoisotopic (exact) mass is 410 g/mol. The number of rotatable bonds is 6. The molecule has 1 atom stereocenters. The number of carbonyl (C=O) groups is 4. The number of aryl methyl sites for hydroxylation is 2. The summed E-state index contributed by atoms with van der Waals surface area (Å²) in [5, 5.41) is 11.2. The van der Waals surface area contributed by atoms with Crippen LogP contribution in [0.2, 0.25) is 0 Å². The Morgan fingerprint density at radius 1 is 1.10 bits per heavy atom. The van der Waals surface area contributed by atoms with Gasteiger partial charge in [0.25, 0.3) is 17.5 Å². The maximum atomic E-state index is 12.6. The number of nitro benzene ring substituents is 1. The number of fused-ring (bicyclic) bond motifs is 1. The van der Waals surface area contributed by atoms with Crippen molar-refractivity contribution in [3.63, 3.8) is 0 Å². The number of ether oxygens (including phenoxy) is 1. The van der Waals surface area contributed by atoms with Crippen molar-refractivity contribution in [2.75, 3.05) is 6.61 Å². The van der Waals surface area contributed by atoms with Crippen molar-refractivity contribution >= 4 is 29.3 Å². The van der Waals surface area contributed by atoms with E-state index in [1.807, 2.05) is 13.8 Å². The van der Waals surface area contributed by atoms with Gasteiger partial charge in [0.1, 0.15) is 11.6 Å². The van der Waals surface area contributed by atoms with Crippen LogP contribution in [-0.2, 0) is 9.53 Å². The molecule has 0 unspecified atom stereocenters. The van der Waals surface area contributed by atoms with Gasteiger partial charge in [-0.2, -0.15) is 0 Å². The fourth-order valence-electron chi connectivity index (χ4n) is 3.15.